The number of halogens is 2. The van der Waals surface area contributed by atoms with E-state index >= 15 is 0 Å². The maximum Gasteiger partial charge on any atom is 0.246 e. The summed E-state index contributed by atoms with van der Waals surface area (Å²) >= 11 is 12.3. The summed E-state index contributed by atoms with van der Waals surface area (Å²) in [6, 6.07) is 4.10. The van der Waals surface area contributed by atoms with Crippen molar-refractivity contribution >= 4 is 46.6 Å². The Kier molecular flexibility index (Phi) is 8.35. The average Bonchev–Trinajstić information content (AvgIpc) is 3.59. The van der Waals surface area contributed by atoms with E-state index in [0.717, 1.165) is 58.4 Å². The molecule has 3 unspecified atom stereocenters. The predicted octanol–water partition coefficient (Wildman–Crippen LogP) is 3.17. The van der Waals surface area contributed by atoms with E-state index in [4.69, 9.17) is 27.9 Å². The fourth-order valence-electron chi connectivity index (χ4n) is 7.46. The Hall–Kier alpha value is -2.17. The van der Waals surface area contributed by atoms with E-state index in [1.807, 2.05) is 12.2 Å². The number of amides is 3. The molecule has 3 amide bonds. The molecule has 0 radical (unpaired) electrons. The van der Waals surface area contributed by atoms with E-state index in [1.165, 1.54) is 6.42 Å². The quantitative estimate of drug-likeness (QED) is 0.443. The van der Waals surface area contributed by atoms with Gasteiger partial charge in [-0.1, -0.05) is 61.5 Å². The molecule has 11 heteroatoms. The number of fused-ring (bicyclic) bond motifs is 1. The Morgan fingerprint density at radius 1 is 0.976 bits per heavy atom. The molecule has 222 valence electrons. The highest BCUT2D eigenvalue weighted by molar-refractivity contribution is 6.35. The maximum absolute atomic E-state index is 14.2. The molecular formula is C30H39Cl2N5O4. The lowest BCUT2D eigenvalue weighted by molar-refractivity contribution is -0.141. The van der Waals surface area contributed by atoms with Crippen LogP contribution in [0.2, 0.25) is 10.0 Å². The topological polar surface area (TPSA) is 94.2 Å². The number of anilines is 1. The molecule has 1 spiro atoms. The zero-order valence-corrected chi connectivity index (χ0v) is 25.0. The van der Waals surface area contributed by atoms with Crippen LogP contribution in [-0.2, 0) is 19.1 Å². The Morgan fingerprint density at radius 3 is 2.34 bits per heavy atom. The Bertz CT molecular complexity index is 1200. The second kappa shape index (κ2) is 11.8. The molecule has 6 rings (SSSR count). The molecule has 9 nitrogen and oxygen atoms in total. The maximum atomic E-state index is 14.2. The van der Waals surface area contributed by atoms with Gasteiger partial charge in [-0.3, -0.25) is 19.3 Å². The third-order valence-electron chi connectivity index (χ3n) is 9.58. The number of benzene rings is 1. The van der Waals surface area contributed by atoms with E-state index in [0.29, 0.717) is 28.8 Å². The highest BCUT2D eigenvalue weighted by atomic mass is 35.5. The smallest absolute Gasteiger partial charge is 0.246 e. The van der Waals surface area contributed by atoms with E-state index < -0.39 is 29.6 Å². The standard InChI is InChI=1S/C30H39Cl2N5O4/c1-2-35-10-12-36(13-11-35)14-15-37-26(28(39)33-21-6-4-3-5-7-21)30-9-8-23(41-30)24(25(30)29(37)40)27(38)34-22-17-19(31)16-20(32)18-22/h8-9,16-18,21,23-26H,2-7,10-15H2,1H3,(H,33,39)(H,34,38)/t23-,24?,25-,26?,30?/m1/s1. The van der Waals surface area contributed by atoms with Crippen molar-refractivity contribution < 1.29 is 19.1 Å². The van der Waals surface area contributed by atoms with Crippen LogP contribution in [0, 0.1) is 11.8 Å². The van der Waals surface area contributed by atoms with E-state index in [1.54, 1.807) is 23.1 Å². The van der Waals surface area contributed by atoms with Crippen LogP contribution in [0.4, 0.5) is 5.69 Å². The zero-order chi connectivity index (χ0) is 28.7. The third-order valence-corrected chi connectivity index (χ3v) is 10.0. The summed E-state index contributed by atoms with van der Waals surface area (Å²) in [7, 11) is 0. The number of rotatable bonds is 8. The molecule has 41 heavy (non-hydrogen) atoms. The minimum Gasteiger partial charge on any atom is -0.359 e. The first-order valence-corrected chi connectivity index (χ1v) is 15.7. The van der Waals surface area contributed by atoms with E-state index in [9.17, 15) is 14.4 Å². The Morgan fingerprint density at radius 2 is 1.66 bits per heavy atom. The number of piperazine rings is 1. The van der Waals surface area contributed by atoms with Crippen LogP contribution in [0.3, 0.4) is 0 Å². The summed E-state index contributed by atoms with van der Waals surface area (Å²) in [5.74, 6) is -2.28. The fourth-order valence-corrected chi connectivity index (χ4v) is 7.99. The van der Waals surface area contributed by atoms with Gasteiger partial charge in [-0.25, -0.2) is 0 Å². The summed E-state index contributed by atoms with van der Waals surface area (Å²) in [6.45, 7) is 8.11. The van der Waals surface area contributed by atoms with E-state index in [-0.39, 0.29) is 23.8 Å². The number of carbonyl (C=O) groups excluding carboxylic acids is 3. The number of ether oxygens (including phenoxy) is 1. The van der Waals surface area contributed by atoms with Crippen LogP contribution in [0.5, 0.6) is 0 Å². The highest BCUT2D eigenvalue weighted by Gasteiger charge is 2.72. The van der Waals surface area contributed by atoms with Crippen LogP contribution in [-0.4, -0.2) is 102 Å². The molecule has 4 fully saturated rings. The molecule has 0 aromatic heterocycles. The predicted molar refractivity (Wildman–Crippen MR) is 158 cm³/mol. The number of hydrogen-bond acceptors (Lipinski definition) is 6. The monoisotopic (exact) mass is 603 g/mol. The van der Waals surface area contributed by atoms with Gasteiger partial charge in [-0.2, -0.15) is 0 Å². The summed E-state index contributed by atoms with van der Waals surface area (Å²) in [6.07, 6.45) is 8.36. The molecule has 1 aromatic carbocycles. The van der Waals surface area contributed by atoms with Crippen LogP contribution in [0.25, 0.3) is 0 Å². The minimum absolute atomic E-state index is 0.0972. The van der Waals surface area contributed by atoms with Gasteiger partial charge >= 0.3 is 0 Å². The van der Waals surface area contributed by atoms with Gasteiger partial charge in [0.2, 0.25) is 17.7 Å². The first-order valence-electron chi connectivity index (χ1n) is 15.0. The molecule has 5 atom stereocenters. The number of nitrogens with zero attached hydrogens (tertiary/aromatic N) is 3. The van der Waals surface area contributed by atoms with Crippen molar-refractivity contribution in [2.24, 2.45) is 11.8 Å². The van der Waals surface area contributed by atoms with E-state index in [2.05, 4.69) is 27.4 Å². The summed E-state index contributed by atoms with van der Waals surface area (Å²) in [4.78, 5) is 48.3. The van der Waals surface area contributed by atoms with Gasteiger partial charge in [0.05, 0.1) is 17.9 Å². The number of likely N-dealkylation sites (tertiary alicyclic amines) is 1. The summed E-state index contributed by atoms with van der Waals surface area (Å²) in [5, 5.41) is 6.94. The van der Waals surface area contributed by atoms with Crippen molar-refractivity contribution in [2.45, 2.75) is 62.8 Å². The molecule has 2 N–H and O–H groups in total. The highest BCUT2D eigenvalue weighted by Crippen LogP contribution is 2.55. The van der Waals surface area contributed by atoms with Crippen molar-refractivity contribution in [3.05, 3.63) is 40.4 Å². The lowest BCUT2D eigenvalue weighted by atomic mass is 9.74. The molecule has 2 bridgehead atoms. The largest absolute Gasteiger partial charge is 0.359 e. The molecule has 4 aliphatic heterocycles. The van der Waals surface area contributed by atoms with Crippen LogP contribution in [0.15, 0.2) is 30.4 Å². The third kappa shape index (κ3) is 5.52. The molecule has 1 aromatic rings. The molecule has 5 aliphatic rings. The van der Waals surface area contributed by atoms with Gasteiger partial charge in [0, 0.05) is 61.0 Å². The van der Waals surface area contributed by atoms with Crippen LogP contribution < -0.4 is 10.6 Å². The van der Waals surface area contributed by atoms with Crippen molar-refractivity contribution in [1.29, 1.82) is 0 Å². The number of carbonyl (C=O) groups is 3. The first kappa shape index (κ1) is 28.9. The van der Waals surface area contributed by atoms with Gasteiger partial charge in [0.15, 0.2) is 0 Å². The lowest BCUT2D eigenvalue weighted by Crippen LogP contribution is -2.57. The zero-order valence-electron chi connectivity index (χ0n) is 23.5. The van der Waals surface area contributed by atoms with Gasteiger partial charge < -0.3 is 25.2 Å². The van der Waals surface area contributed by atoms with Gasteiger partial charge in [-0.05, 0) is 37.6 Å². The number of hydrogen-bond donors (Lipinski definition) is 2. The molecule has 4 heterocycles. The van der Waals surface area contributed by atoms with Gasteiger partial charge in [0.1, 0.15) is 11.6 Å². The number of likely N-dealkylation sites (N-methyl/N-ethyl adjacent to an activating group) is 1. The second-order valence-corrected chi connectivity index (χ2v) is 12.9. The number of nitrogens with one attached hydrogen (secondary N) is 2. The average molecular weight is 605 g/mol. The Balaban J connectivity index is 1.25. The summed E-state index contributed by atoms with van der Waals surface area (Å²) in [5.41, 5.74) is -0.719. The normalized spacial score (nSPS) is 32.0. The Labute approximate surface area is 251 Å². The second-order valence-electron chi connectivity index (χ2n) is 12.0. The van der Waals surface area contributed by atoms with Crippen LogP contribution >= 0.6 is 23.2 Å². The van der Waals surface area contributed by atoms with Crippen molar-refractivity contribution in [1.82, 2.24) is 20.0 Å². The molecule has 1 saturated carbocycles. The van der Waals surface area contributed by atoms with Crippen molar-refractivity contribution in [3.63, 3.8) is 0 Å². The first-order chi connectivity index (χ1) is 19.8. The van der Waals surface area contributed by atoms with Crippen molar-refractivity contribution in [3.8, 4) is 0 Å². The minimum atomic E-state index is -1.17. The lowest BCUT2D eigenvalue weighted by Gasteiger charge is -2.37. The SMILES string of the molecule is CCN1CCN(CCN2C(=O)[C@H]3C(C(=O)Nc4cc(Cl)cc(Cl)c4)[C@H]4C=CC3(O4)C2C(=O)NC2CCCCC2)CC1. The van der Waals surface area contributed by atoms with Crippen LogP contribution in [0.1, 0.15) is 39.0 Å². The summed E-state index contributed by atoms with van der Waals surface area (Å²) < 4.78 is 6.48. The fraction of sp³-hybridized carbons (Fsp3) is 0.633. The molecular weight excluding hydrogens is 565 g/mol. The van der Waals surface area contributed by atoms with Gasteiger partial charge in [-0.15, -0.1) is 0 Å². The van der Waals surface area contributed by atoms with Crippen molar-refractivity contribution in [2.75, 3.05) is 51.1 Å². The molecule has 3 saturated heterocycles. The van der Waals surface area contributed by atoms with Gasteiger partial charge in [0.25, 0.3) is 0 Å². The molecule has 1 aliphatic carbocycles.